The van der Waals surface area contributed by atoms with Crippen LogP contribution < -0.4 is 4.90 Å². The molecule has 0 radical (unpaired) electrons. The van der Waals surface area contributed by atoms with Gasteiger partial charge in [-0.3, -0.25) is 14.5 Å². The lowest BCUT2D eigenvalue weighted by Crippen LogP contribution is -2.39. The number of rotatable bonds is 2. The van der Waals surface area contributed by atoms with Gasteiger partial charge in [-0.05, 0) is 62.9 Å². The van der Waals surface area contributed by atoms with E-state index in [-0.39, 0.29) is 29.5 Å². The summed E-state index contributed by atoms with van der Waals surface area (Å²) in [5.41, 5.74) is 2.39. The molecule has 1 amide bonds. The number of carbonyl (C=O) groups is 2. The molecule has 31 heavy (non-hydrogen) atoms. The molecule has 1 aromatic carbocycles. The number of thiazole rings is 1. The average molecular weight is 435 g/mol. The van der Waals surface area contributed by atoms with Crippen LogP contribution in [0.3, 0.4) is 0 Å². The van der Waals surface area contributed by atoms with E-state index in [1.807, 2.05) is 38.1 Å². The van der Waals surface area contributed by atoms with Crippen molar-refractivity contribution in [3.63, 3.8) is 0 Å². The van der Waals surface area contributed by atoms with Crippen LogP contribution >= 0.6 is 11.3 Å². The summed E-state index contributed by atoms with van der Waals surface area (Å²) in [5.74, 6) is 1.02. The van der Waals surface area contributed by atoms with E-state index in [1.165, 1.54) is 11.3 Å². The Morgan fingerprint density at radius 1 is 1.10 bits per heavy atom. The van der Waals surface area contributed by atoms with Gasteiger partial charge < -0.3 is 9.15 Å². The van der Waals surface area contributed by atoms with Crippen molar-refractivity contribution in [1.29, 1.82) is 0 Å². The smallest absolute Gasteiger partial charge is 0.296 e. The van der Waals surface area contributed by atoms with Gasteiger partial charge in [0.25, 0.3) is 5.91 Å². The first-order valence-electron chi connectivity index (χ1n) is 10.7. The van der Waals surface area contributed by atoms with Gasteiger partial charge in [0, 0.05) is 0 Å². The lowest BCUT2D eigenvalue weighted by Gasteiger charge is -2.35. The molecule has 3 aliphatic rings. The molecule has 7 heteroatoms. The summed E-state index contributed by atoms with van der Waals surface area (Å²) in [6, 6.07) is 9.08. The van der Waals surface area contributed by atoms with Gasteiger partial charge in [0.15, 0.2) is 16.7 Å². The Bertz CT molecular complexity index is 1270. The number of hydrogen-bond acceptors (Lipinski definition) is 6. The Morgan fingerprint density at radius 3 is 2.74 bits per heavy atom. The van der Waals surface area contributed by atoms with Crippen LogP contribution in [-0.2, 0) is 14.3 Å². The highest BCUT2D eigenvalue weighted by atomic mass is 32.1. The molecule has 158 valence electrons. The molecule has 0 bridgehead atoms. The zero-order chi connectivity index (χ0) is 21.3. The first-order valence-corrected chi connectivity index (χ1v) is 11.5. The maximum atomic E-state index is 13.6. The van der Waals surface area contributed by atoms with E-state index >= 15 is 0 Å². The molecule has 6 nitrogen and oxygen atoms in total. The van der Waals surface area contributed by atoms with Crippen molar-refractivity contribution in [3.05, 3.63) is 58.7 Å². The Labute approximate surface area is 183 Å². The number of amides is 1. The molecule has 0 saturated heterocycles. The number of carbonyl (C=O) groups excluding carboxylic acids is 2. The topological polar surface area (TPSA) is 72.6 Å². The number of hydrogen-bond donors (Lipinski definition) is 0. The lowest BCUT2D eigenvalue weighted by molar-refractivity contribution is -0.131. The number of aryl methyl sites for hydroxylation is 2. The highest BCUT2D eigenvalue weighted by molar-refractivity contribution is 7.22. The molecule has 3 aromatic rings. The predicted molar refractivity (Wildman–Crippen MR) is 117 cm³/mol. The molecular weight excluding hydrogens is 412 g/mol. The van der Waals surface area contributed by atoms with E-state index in [0.29, 0.717) is 16.5 Å². The van der Waals surface area contributed by atoms with Crippen molar-refractivity contribution in [2.24, 2.45) is 5.92 Å². The highest BCUT2D eigenvalue weighted by Crippen LogP contribution is 2.49. The largest absolute Gasteiger partial charge is 0.483 e. The van der Waals surface area contributed by atoms with Gasteiger partial charge >= 0.3 is 0 Å². The van der Waals surface area contributed by atoms with Crippen molar-refractivity contribution in [3.8, 4) is 0 Å². The maximum Gasteiger partial charge on any atom is 0.296 e. The summed E-state index contributed by atoms with van der Waals surface area (Å²) in [7, 11) is 0. The normalized spacial score (nSPS) is 25.7. The average Bonchev–Trinajstić information content (AvgIpc) is 3.44. The van der Waals surface area contributed by atoms with E-state index < -0.39 is 6.04 Å². The first-order chi connectivity index (χ1) is 15.0. The molecule has 3 atom stereocenters. The molecule has 1 aliphatic carbocycles. The van der Waals surface area contributed by atoms with E-state index in [4.69, 9.17) is 14.1 Å². The van der Waals surface area contributed by atoms with Crippen LogP contribution in [0.25, 0.3) is 10.2 Å². The number of fused-ring (bicyclic) bond motifs is 2. The number of Topliss-reactive ketones (excluding diaryl/α,β-unsaturated/α-hetero) is 1. The number of ketones is 1. The van der Waals surface area contributed by atoms with Crippen molar-refractivity contribution in [2.45, 2.75) is 51.7 Å². The minimum Gasteiger partial charge on any atom is -0.483 e. The molecule has 2 aromatic heterocycles. The van der Waals surface area contributed by atoms with E-state index in [0.717, 1.165) is 47.2 Å². The van der Waals surface area contributed by atoms with Gasteiger partial charge in [-0.25, -0.2) is 4.98 Å². The van der Waals surface area contributed by atoms with Crippen LogP contribution in [0.2, 0.25) is 0 Å². The second-order valence-corrected chi connectivity index (χ2v) is 9.66. The number of anilines is 1. The minimum atomic E-state index is -0.645. The Balaban J connectivity index is 1.51. The highest BCUT2D eigenvalue weighted by Gasteiger charge is 2.54. The third-order valence-corrected chi connectivity index (χ3v) is 7.55. The Kier molecular flexibility index (Phi) is 4.12. The third-order valence-electron chi connectivity index (χ3n) is 6.53. The molecule has 1 fully saturated rings. The summed E-state index contributed by atoms with van der Waals surface area (Å²) in [6.45, 7) is 3.89. The lowest BCUT2D eigenvalue weighted by atomic mass is 9.78. The standard InChI is InChI=1S/C24H22N2O4S/c1-12-7-9-15-18(11-12)31-24(25-15)26-20(17-10-8-13(2)29-17)19-21(27)14-5-3-4-6-16(14)30-22(19)23(26)28/h7-11,14,16,20H,3-6H2,1-2H3. The molecule has 6 rings (SSSR count). The van der Waals surface area contributed by atoms with E-state index in [1.54, 1.807) is 4.90 Å². The second-order valence-electron chi connectivity index (χ2n) is 8.65. The molecule has 0 N–H and O–H groups in total. The van der Waals surface area contributed by atoms with Crippen LogP contribution in [0.1, 0.15) is 48.8 Å². The number of benzene rings is 1. The van der Waals surface area contributed by atoms with Crippen LogP contribution in [0.4, 0.5) is 5.13 Å². The van der Waals surface area contributed by atoms with Gasteiger partial charge in [-0.15, -0.1) is 0 Å². The van der Waals surface area contributed by atoms with Crippen molar-refractivity contribution in [1.82, 2.24) is 4.98 Å². The van der Waals surface area contributed by atoms with Crippen LogP contribution in [0, 0.1) is 19.8 Å². The second kappa shape index (κ2) is 6.79. The van der Waals surface area contributed by atoms with Gasteiger partial charge in [0.2, 0.25) is 0 Å². The van der Waals surface area contributed by atoms with Gasteiger partial charge in [-0.1, -0.05) is 23.8 Å². The zero-order valence-corrected chi connectivity index (χ0v) is 18.2. The molecule has 4 heterocycles. The fraction of sp³-hybridized carbons (Fsp3) is 0.375. The number of furan rings is 1. The SMILES string of the molecule is Cc1ccc2nc(N3C(=O)C4=C(C(=O)C5CCCCC5O4)C3c3ccc(C)o3)sc2c1. The molecular formula is C24H22N2O4S. The van der Waals surface area contributed by atoms with Gasteiger partial charge in [0.05, 0.1) is 21.7 Å². The molecule has 2 aliphatic heterocycles. The Hall–Kier alpha value is -2.93. The summed E-state index contributed by atoms with van der Waals surface area (Å²) in [4.78, 5) is 33.5. The van der Waals surface area contributed by atoms with E-state index in [2.05, 4.69) is 6.07 Å². The zero-order valence-electron chi connectivity index (χ0n) is 17.4. The fourth-order valence-electron chi connectivity index (χ4n) is 5.03. The molecule has 3 unspecified atom stereocenters. The summed E-state index contributed by atoms with van der Waals surface area (Å²) in [5, 5.41) is 0.554. The minimum absolute atomic E-state index is 0.0257. The monoisotopic (exact) mass is 434 g/mol. The van der Waals surface area contributed by atoms with Crippen LogP contribution in [0.15, 0.2) is 46.1 Å². The summed E-state index contributed by atoms with van der Waals surface area (Å²) < 4.78 is 13.1. The molecule has 1 saturated carbocycles. The number of aromatic nitrogens is 1. The van der Waals surface area contributed by atoms with Crippen molar-refractivity contribution < 1.29 is 18.7 Å². The molecule has 0 spiro atoms. The number of ether oxygens (including phenoxy) is 1. The Morgan fingerprint density at radius 2 is 1.94 bits per heavy atom. The number of nitrogens with zero attached hydrogens (tertiary/aromatic N) is 2. The van der Waals surface area contributed by atoms with Gasteiger partial charge in [-0.2, -0.15) is 0 Å². The fourth-order valence-corrected chi connectivity index (χ4v) is 6.12. The first kappa shape index (κ1) is 18.8. The van der Waals surface area contributed by atoms with Gasteiger partial charge in [0.1, 0.15) is 23.7 Å². The third kappa shape index (κ3) is 2.79. The van der Waals surface area contributed by atoms with Crippen molar-refractivity contribution in [2.75, 3.05) is 4.90 Å². The summed E-state index contributed by atoms with van der Waals surface area (Å²) in [6.07, 6.45) is 3.44. The van der Waals surface area contributed by atoms with E-state index in [9.17, 15) is 9.59 Å². The van der Waals surface area contributed by atoms with Crippen LogP contribution in [-0.4, -0.2) is 22.8 Å². The van der Waals surface area contributed by atoms with Crippen molar-refractivity contribution >= 4 is 38.4 Å². The summed E-state index contributed by atoms with van der Waals surface area (Å²) >= 11 is 1.45. The van der Waals surface area contributed by atoms with Crippen LogP contribution in [0.5, 0.6) is 0 Å². The predicted octanol–water partition coefficient (Wildman–Crippen LogP) is 5.01. The maximum absolute atomic E-state index is 13.6. The quantitative estimate of drug-likeness (QED) is 0.567.